The molecule has 3 aromatic rings. The predicted molar refractivity (Wildman–Crippen MR) is 114 cm³/mol. The van der Waals surface area contributed by atoms with Crippen LogP contribution in [-0.2, 0) is 15.1 Å². The second-order valence-electron chi connectivity index (χ2n) is 7.77. The second-order valence-corrected chi connectivity index (χ2v) is 7.77. The van der Waals surface area contributed by atoms with Crippen molar-refractivity contribution in [1.82, 2.24) is 0 Å². The van der Waals surface area contributed by atoms with Crippen molar-refractivity contribution in [3.05, 3.63) is 108 Å². The van der Waals surface area contributed by atoms with E-state index in [0.717, 1.165) is 16.7 Å². The Balaban J connectivity index is 1.80. The highest BCUT2D eigenvalue weighted by atomic mass is 19.2. The maximum absolute atomic E-state index is 15.0. The molecule has 5 atom stereocenters. The van der Waals surface area contributed by atoms with E-state index < -0.39 is 42.7 Å². The molecule has 1 heterocycles. The van der Waals surface area contributed by atoms with Crippen molar-refractivity contribution >= 4 is 0 Å². The first-order valence-electron chi connectivity index (χ1n) is 10.3. The quantitative estimate of drug-likeness (QED) is 0.438. The zero-order valence-electron chi connectivity index (χ0n) is 17.2. The third kappa shape index (κ3) is 3.95. The molecule has 1 fully saturated rings. The minimum absolute atomic E-state index is 0.535. The smallest absolute Gasteiger partial charge is 0.264 e. The molecular weight excluding hydrogens is 415 g/mol. The number of aliphatic hydroxyl groups excluding tert-OH is 3. The number of hydrogen-bond acceptors (Lipinski definition) is 6. The Labute approximate surface area is 185 Å². The Hall–Kier alpha value is -2.65. The van der Waals surface area contributed by atoms with Crippen LogP contribution in [0, 0.1) is 0 Å². The summed E-state index contributed by atoms with van der Waals surface area (Å²) in [6.45, 7) is -0.535. The van der Waals surface area contributed by atoms with E-state index in [0.29, 0.717) is 0 Å². The number of ether oxygens (including phenoxy) is 2. The molecule has 6 nitrogen and oxygen atoms in total. The van der Waals surface area contributed by atoms with E-state index in [-0.39, 0.29) is 0 Å². The lowest BCUT2D eigenvalue weighted by atomic mass is 9.80. The first-order valence-corrected chi connectivity index (χ1v) is 10.3. The molecule has 168 valence electrons. The first-order chi connectivity index (χ1) is 15.4. The van der Waals surface area contributed by atoms with Crippen molar-refractivity contribution in [3.8, 4) is 0 Å². The summed E-state index contributed by atoms with van der Waals surface area (Å²) in [4.78, 5) is 0. The molecule has 0 saturated carbocycles. The summed E-state index contributed by atoms with van der Waals surface area (Å²) in [6, 6.07) is 27.9. The zero-order valence-corrected chi connectivity index (χ0v) is 17.2. The summed E-state index contributed by atoms with van der Waals surface area (Å²) >= 11 is 0. The molecule has 0 amide bonds. The summed E-state index contributed by atoms with van der Waals surface area (Å²) in [7, 11) is 0. The van der Waals surface area contributed by atoms with Gasteiger partial charge in [-0.1, -0.05) is 91.0 Å². The molecule has 4 rings (SSSR count). The van der Waals surface area contributed by atoms with Crippen molar-refractivity contribution in [2.75, 3.05) is 6.61 Å². The molecule has 7 heteroatoms. The maximum atomic E-state index is 15.0. The average Bonchev–Trinajstić information content (AvgIpc) is 2.83. The molecule has 1 saturated heterocycles. The van der Waals surface area contributed by atoms with E-state index in [2.05, 4.69) is 0 Å². The Bertz CT molecular complexity index is 902. The lowest BCUT2D eigenvalue weighted by molar-refractivity contribution is -0.360. The van der Waals surface area contributed by atoms with Gasteiger partial charge in [0.1, 0.15) is 23.9 Å². The molecule has 0 aliphatic carbocycles. The van der Waals surface area contributed by atoms with Crippen molar-refractivity contribution < 1.29 is 34.3 Å². The van der Waals surface area contributed by atoms with Crippen molar-refractivity contribution in [2.24, 2.45) is 0 Å². The monoisotopic (exact) mass is 440 g/mol. The van der Waals surface area contributed by atoms with Crippen molar-refractivity contribution in [2.45, 2.75) is 36.1 Å². The van der Waals surface area contributed by atoms with Crippen LogP contribution < -0.4 is 0 Å². The highest BCUT2D eigenvalue weighted by molar-refractivity contribution is 5.47. The van der Waals surface area contributed by atoms with Crippen molar-refractivity contribution in [1.29, 1.82) is 0 Å². The lowest BCUT2D eigenvalue weighted by Crippen LogP contribution is -2.65. The van der Waals surface area contributed by atoms with Gasteiger partial charge < -0.3 is 29.9 Å². The molecule has 0 radical (unpaired) electrons. The highest BCUT2D eigenvalue weighted by Gasteiger charge is 2.56. The minimum Gasteiger partial charge on any atom is -0.385 e. The van der Waals surface area contributed by atoms with Gasteiger partial charge in [-0.25, -0.2) is 4.39 Å². The van der Waals surface area contributed by atoms with E-state index in [9.17, 15) is 24.8 Å². The number of aliphatic hydroxyl groups is 4. The molecule has 0 spiro atoms. The van der Waals surface area contributed by atoms with E-state index in [4.69, 9.17) is 9.47 Å². The third-order valence-corrected chi connectivity index (χ3v) is 5.78. The number of rotatable bonds is 6. The van der Waals surface area contributed by atoms with Crippen LogP contribution in [0.4, 0.5) is 4.39 Å². The van der Waals surface area contributed by atoms with Gasteiger partial charge in [0.05, 0.1) is 6.61 Å². The van der Waals surface area contributed by atoms with E-state index in [1.54, 1.807) is 0 Å². The average molecular weight is 440 g/mol. The van der Waals surface area contributed by atoms with Gasteiger partial charge in [0.25, 0.3) is 5.85 Å². The van der Waals surface area contributed by atoms with Gasteiger partial charge in [-0.15, -0.1) is 0 Å². The summed E-state index contributed by atoms with van der Waals surface area (Å²) in [5.41, 5.74) is 1.03. The van der Waals surface area contributed by atoms with Gasteiger partial charge in [0, 0.05) is 0 Å². The summed E-state index contributed by atoms with van der Waals surface area (Å²) in [6.07, 6.45) is -7.90. The van der Waals surface area contributed by atoms with Crippen LogP contribution >= 0.6 is 0 Å². The molecule has 0 bridgehead atoms. The predicted octanol–water partition coefficient (Wildman–Crippen LogP) is 2.09. The molecule has 3 aromatic carbocycles. The van der Waals surface area contributed by atoms with Crippen LogP contribution in [-0.4, -0.2) is 57.5 Å². The second kappa shape index (κ2) is 9.07. The number of alkyl halides is 1. The summed E-state index contributed by atoms with van der Waals surface area (Å²) < 4.78 is 26.4. The Kier molecular flexibility index (Phi) is 6.39. The fraction of sp³-hybridized carbons (Fsp3) is 0.280. The van der Waals surface area contributed by atoms with Gasteiger partial charge in [0.2, 0.25) is 0 Å². The molecule has 32 heavy (non-hydrogen) atoms. The largest absolute Gasteiger partial charge is 0.385 e. The molecule has 1 aliphatic rings. The highest BCUT2D eigenvalue weighted by Crippen LogP contribution is 2.41. The fourth-order valence-electron chi connectivity index (χ4n) is 4.06. The Morgan fingerprint density at radius 3 is 1.59 bits per heavy atom. The fourth-order valence-corrected chi connectivity index (χ4v) is 4.06. The molecule has 1 aliphatic heterocycles. The summed E-state index contributed by atoms with van der Waals surface area (Å²) in [5, 5.41) is 39.7. The Morgan fingerprint density at radius 2 is 1.19 bits per heavy atom. The molecule has 4 N–H and O–H groups in total. The molecule has 0 aromatic heterocycles. The Morgan fingerprint density at radius 1 is 0.781 bits per heavy atom. The maximum Gasteiger partial charge on any atom is 0.264 e. The van der Waals surface area contributed by atoms with E-state index in [1.807, 2.05) is 91.0 Å². The van der Waals surface area contributed by atoms with Gasteiger partial charge in [-0.05, 0) is 16.7 Å². The van der Waals surface area contributed by atoms with Crippen LogP contribution in [0.15, 0.2) is 91.0 Å². The topological polar surface area (TPSA) is 99.4 Å². The minimum atomic E-state index is -3.34. The normalized spacial score (nSPS) is 28.4. The van der Waals surface area contributed by atoms with Gasteiger partial charge in [-0.2, -0.15) is 0 Å². The SMILES string of the molecule is O[C@@H]1[C@@H](O)[C@@](O)(F)[C@@H](COC(c2ccccc2)(c2ccccc2)c2ccccc2)O[C@@H]1O. The molecule has 0 unspecified atom stereocenters. The van der Waals surface area contributed by atoms with Crippen LogP contribution in [0.25, 0.3) is 0 Å². The summed E-state index contributed by atoms with van der Waals surface area (Å²) in [5.74, 6) is -3.34. The number of halogens is 1. The van der Waals surface area contributed by atoms with Crippen LogP contribution in [0.1, 0.15) is 16.7 Å². The van der Waals surface area contributed by atoms with Crippen LogP contribution in [0.3, 0.4) is 0 Å². The van der Waals surface area contributed by atoms with E-state index >= 15 is 0 Å². The lowest BCUT2D eigenvalue weighted by Gasteiger charge is -2.44. The van der Waals surface area contributed by atoms with Crippen LogP contribution in [0.2, 0.25) is 0 Å². The van der Waals surface area contributed by atoms with Crippen molar-refractivity contribution in [3.63, 3.8) is 0 Å². The zero-order chi connectivity index (χ0) is 22.8. The molecular formula is C25H25FO6. The third-order valence-electron chi connectivity index (χ3n) is 5.78. The van der Waals surface area contributed by atoms with Gasteiger partial charge >= 0.3 is 0 Å². The van der Waals surface area contributed by atoms with Gasteiger partial charge in [-0.3, -0.25) is 0 Å². The van der Waals surface area contributed by atoms with E-state index in [1.165, 1.54) is 0 Å². The van der Waals surface area contributed by atoms with Gasteiger partial charge in [0.15, 0.2) is 6.29 Å². The van der Waals surface area contributed by atoms with Crippen LogP contribution in [0.5, 0.6) is 0 Å². The number of hydrogen-bond donors (Lipinski definition) is 4. The number of benzene rings is 3. The first kappa shape index (κ1) is 22.5. The standard InChI is InChI=1S/C25H25FO6/c26-25(30)20(32-23(29)21(27)22(25)28)16-31-24(17-10-4-1-5-11-17,18-12-6-2-7-13-18)19-14-8-3-9-15-19/h1-15,20-23,27-30H,16H2/t20-,21-,22-,23+,25-/m1/s1.